The van der Waals surface area contributed by atoms with E-state index in [4.69, 9.17) is 0 Å². The molecule has 0 fully saturated rings. The molecular formula is C19H30NS+. The molecule has 0 aliphatic carbocycles. The van der Waals surface area contributed by atoms with E-state index in [1.807, 2.05) is 11.3 Å². The van der Waals surface area contributed by atoms with Gasteiger partial charge >= 0.3 is 0 Å². The van der Waals surface area contributed by atoms with Crippen LogP contribution in [-0.4, -0.2) is 0 Å². The first kappa shape index (κ1) is 16.5. The molecule has 2 aromatic rings. The summed E-state index contributed by atoms with van der Waals surface area (Å²) in [5.41, 5.74) is 0. The highest BCUT2D eigenvalue weighted by atomic mass is 32.1. The van der Waals surface area contributed by atoms with Crippen molar-refractivity contribution in [3.8, 4) is 0 Å². The van der Waals surface area contributed by atoms with Gasteiger partial charge in [0.2, 0.25) is 0 Å². The Labute approximate surface area is 134 Å². The van der Waals surface area contributed by atoms with Gasteiger partial charge in [-0.05, 0) is 17.9 Å². The minimum atomic E-state index is 1.17. The lowest BCUT2D eigenvalue weighted by molar-refractivity contribution is -0.696. The Morgan fingerprint density at radius 3 is 2.24 bits per heavy atom. The molecule has 0 bridgehead atoms. The number of pyridine rings is 1. The fourth-order valence-electron chi connectivity index (χ4n) is 2.86. The van der Waals surface area contributed by atoms with Gasteiger partial charge in [-0.3, -0.25) is 0 Å². The largest absolute Gasteiger partial charge is 0.204 e. The van der Waals surface area contributed by atoms with Crippen LogP contribution >= 0.6 is 11.3 Å². The number of hydrogen-bond acceptors (Lipinski definition) is 1. The van der Waals surface area contributed by atoms with Crippen molar-refractivity contribution >= 4 is 21.4 Å². The molecule has 0 aliphatic rings. The van der Waals surface area contributed by atoms with Crippen molar-refractivity contribution in [2.75, 3.05) is 0 Å². The van der Waals surface area contributed by atoms with Gasteiger partial charge in [0, 0.05) is 17.9 Å². The third kappa shape index (κ3) is 6.17. The molecule has 2 rings (SSSR count). The van der Waals surface area contributed by atoms with E-state index in [0.29, 0.717) is 0 Å². The normalized spacial score (nSPS) is 11.3. The second kappa shape index (κ2) is 9.94. The zero-order valence-corrected chi connectivity index (χ0v) is 14.3. The van der Waals surface area contributed by atoms with E-state index in [1.54, 1.807) is 0 Å². The van der Waals surface area contributed by atoms with Gasteiger partial charge in [-0.1, -0.05) is 58.3 Å². The smallest absolute Gasteiger partial charge is 0.186 e. The van der Waals surface area contributed by atoms with Crippen molar-refractivity contribution in [3.05, 3.63) is 29.9 Å². The number of thiophene rings is 1. The minimum absolute atomic E-state index is 1.17. The van der Waals surface area contributed by atoms with Gasteiger partial charge in [-0.25, -0.2) is 4.57 Å². The lowest BCUT2D eigenvalue weighted by Crippen LogP contribution is -2.32. The van der Waals surface area contributed by atoms with Crippen LogP contribution in [0.4, 0.5) is 0 Å². The molecule has 21 heavy (non-hydrogen) atoms. The highest BCUT2D eigenvalue weighted by molar-refractivity contribution is 7.17. The summed E-state index contributed by atoms with van der Waals surface area (Å²) in [6.07, 6.45) is 18.6. The van der Waals surface area contributed by atoms with Crippen molar-refractivity contribution in [3.63, 3.8) is 0 Å². The average molecular weight is 305 g/mol. The topological polar surface area (TPSA) is 3.88 Å². The second-order valence-corrected chi connectivity index (χ2v) is 7.05. The Kier molecular flexibility index (Phi) is 7.80. The summed E-state index contributed by atoms with van der Waals surface area (Å²) in [5, 5.41) is 3.55. The molecule has 2 heteroatoms. The number of aryl methyl sites for hydroxylation is 1. The van der Waals surface area contributed by atoms with Crippen molar-refractivity contribution in [2.45, 2.75) is 77.7 Å². The Bertz CT molecular complexity index is 503. The van der Waals surface area contributed by atoms with Crippen LogP contribution in [0.15, 0.2) is 29.9 Å². The molecule has 0 saturated carbocycles. The molecule has 116 valence electrons. The van der Waals surface area contributed by atoms with Gasteiger partial charge in [0.25, 0.3) is 0 Å². The predicted molar refractivity (Wildman–Crippen MR) is 93.9 cm³/mol. The van der Waals surface area contributed by atoms with Crippen LogP contribution in [0, 0.1) is 0 Å². The van der Waals surface area contributed by atoms with E-state index in [1.165, 1.54) is 80.8 Å². The maximum atomic E-state index is 2.35. The van der Waals surface area contributed by atoms with Crippen LogP contribution in [0.1, 0.15) is 71.1 Å². The quantitative estimate of drug-likeness (QED) is 0.348. The first-order valence-corrected chi connectivity index (χ1v) is 9.64. The van der Waals surface area contributed by atoms with Gasteiger partial charge in [-0.2, -0.15) is 0 Å². The van der Waals surface area contributed by atoms with Crippen LogP contribution in [0.2, 0.25) is 0 Å². The van der Waals surface area contributed by atoms with E-state index in [2.05, 4.69) is 41.4 Å². The van der Waals surface area contributed by atoms with E-state index >= 15 is 0 Å². The fraction of sp³-hybridized carbons (Fsp3) is 0.632. The molecule has 2 heterocycles. The van der Waals surface area contributed by atoms with E-state index in [9.17, 15) is 0 Å². The lowest BCUT2D eigenvalue weighted by Gasteiger charge is -2.01. The standard InChI is InChI=1S/C19H30NS/c1-2-3-4-5-6-7-8-9-10-11-14-20-15-12-18-13-16-21-19(18)17-20/h12-13,15-17H,2-11,14H2,1H3/q+1. The first-order chi connectivity index (χ1) is 10.4. The molecule has 0 saturated heterocycles. The number of nitrogens with zero attached hydrogens (tertiary/aromatic N) is 1. The Hall–Kier alpha value is -0.890. The van der Waals surface area contributed by atoms with E-state index in [0.717, 1.165) is 0 Å². The van der Waals surface area contributed by atoms with Crippen LogP contribution < -0.4 is 4.57 Å². The molecule has 1 nitrogen and oxygen atoms in total. The molecule has 0 unspecified atom stereocenters. The summed E-state index contributed by atoms with van der Waals surface area (Å²) in [7, 11) is 0. The Balaban J connectivity index is 1.49. The van der Waals surface area contributed by atoms with Gasteiger partial charge in [0.1, 0.15) is 6.54 Å². The number of fused-ring (bicyclic) bond motifs is 1. The monoisotopic (exact) mass is 304 g/mol. The highest BCUT2D eigenvalue weighted by Crippen LogP contribution is 2.17. The minimum Gasteiger partial charge on any atom is -0.204 e. The van der Waals surface area contributed by atoms with Crippen molar-refractivity contribution in [1.29, 1.82) is 0 Å². The molecular weight excluding hydrogens is 274 g/mol. The SMILES string of the molecule is CCCCCCCCCCCC[n+]1ccc2ccsc2c1. The summed E-state index contributed by atoms with van der Waals surface area (Å²) >= 11 is 1.84. The average Bonchev–Trinajstić information content (AvgIpc) is 2.97. The predicted octanol–water partition coefficient (Wildman–Crippen LogP) is 6.11. The molecule has 0 radical (unpaired) electrons. The highest BCUT2D eigenvalue weighted by Gasteiger charge is 2.03. The van der Waals surface area contributed by atoms with Gasteiger partial charge in [-0.15, -0.1) is 11.3 Å². The van der Waals surface area contributed by atoms with Crippen LogP contribution in [0.3, 0.4) is 0 Å². The second-order valence-electron chi connectivity index (χ2n) is 6.10. The molecule has 0 atom stereocenters. The number of rotatable bonds is 11. The van der Waals surface area contributed by atoms with Crippen molar-refractivity contribution < 1.29 is 4.57 Å². The van der Waals surface area contributed by atoms with Gasteiger partial charge in [0.05, 0.1) is 4.70 Å². The zero-order chi connectivity index (χ0) is 14.8. The summed E-state index contributed by atoms with van der Waals surface area (Å²) in [4.78, 5) is 0. The third-order valence-electron chi connectivity index (χ3n) is 4.23. The van der Waals surface area contributed by atoms with Gasteiger partial charge < -0.3 is 0 Å². The van der Waals surface area contributed by atoms with Crippen molar-refractivity contribution in [1.82, 2.24) is 0 Å². The molecule has 0 N–H and O–H groups in total. The molecule has 0 amide bonds. The van der Waals surface area contributed by atoms with Crippen LogP contribution in [-0.2, 0) is 6.54 Å². The number of hydrogen-bond donors (Lipinski definition) is 0. The van der Waals surface area contributed by atoms with Crippen molar-refractivity contribution in [2.24, 2.45) is 0 Å². The number of unbranched alkanes of at least 4 members (excludes halogenated alkanes) is 9. The van der Waals surface area contributed by atoms with Crippen LogP contribution in [0.5, 0.6) is 0 Å². The Morgan fingerprint density at radius 2 is 1.52 bits per heavy atom. The summed E-state index contributed by atoms with van der Waals surface area (Å²) in [6, 6.07) is 4.44. The molecule has 2 aromatic heterocycles. The zero-order valence-electron chi connectivity index (χ0n) is 13.5. The lowest BCUT2D eigenvalue weighted by atomic mass is 10.1. The molecule has 0 aliphatic heterocycles. The summed E-state index contributed by atoms with van der Waals surface area (Å²) in [6.45, 7) is 3.46. The number of aromatic nitrogens is 1. The molecule has 0 aromatic carbocycles. The molecule has 0 spiro atoms. The summed E-state index contributed by atoms with van der Waals surface area (Å²) < 4.78 is 3.76. The first-order valence-electron chi connectivity index (χ1n) is 8.76. The third-order valence-corrected chi connectivity index (χ3v) is 5.09. The van der Waals surface area contributed by atoms with E-state index < -0.39 is 0 Å². The maximum absolute atomic E-state index is 2.35. The van der Waals surface area contributed by atoms with Crippen LogP contribution in [0.25, 0.3) is 10.1 Å². The Morgan fingerprint density at radius 1 is 0.857 bits per heavy atom. The maximum Gasteiger partial charge on any atom is 0.186 e. The van der Waals surface area contributed by atoms with E-state index in [-0.39, 0.29) is 0 Å². The fourth-order valence-corrected chi connectivity index (χ4v) is 3.69. The summed E-state index contributed by atoms with van der Waals surface area (Å²) in [5.74, 6) is 0. The van der Waals surface area contributed by atoms with Gasteiger partial charge in [0.15, 0.2) is 12.4 Å².